The first-order valence-corrected chi connectivity index (χ1v) is 16.4. The monoisotopic (exact) mass is 663 g/mol. The molecule has 2 aliphatic rings. The molecule has 0 unspecified atom stereocenters. The van der Waals surface area contributed by atoms with Gasteiger partial charge in [-0.15, -0.1) is 5.10 Å². The second kappa shape index (κ2) is 13.6. The van der Waals surface area contributed by atoms with Crippen LogP contribution in [0, 0.1) is 0 Å². The van der Waals surface area contributed by atoms with Crippen molar-refractivity contribution in [3.63, 3.8) is 0 Å². The van der Waals surface area contributed by atoms with E-state index >= 15 is 8.78 Å². The number of halogens is 2. The number of rotatable bonds is 9. The van der Waals surface area contributed by atoms with Gasteiger partial charge < -0.3 is 19.9 Å². The van der Waals surface area contributed by atoms with Crippen LogP contribution in [0.15, 0.2) is 48.7 Å². The predicted molar refractivity (Wildman–Crippen MR) is 178 cm³/mol. The molecular formula is C34H43F2N9O3. The average Bonchev–Trinajstić information content (AvgIpc) is 3.76. The van der Waals surface area contributed by atoms with E-state index in [0.717, 1.165) is 34.6 Å². The second-order valence-corrected chi connectivity index (χ2v) is 13.8. The van der Waals surface area contributed by atoms with Crippen molar-refractivity contribution in [1.82, 2.24) is 39.7 Å². The number of nitrogens with zero attached hydrogens (tertiary/aromatic N) is 7. The maximum atomic E-state index is 15.0. The van der Waals surface area contributed by atoms with Gasteiger partial charge in [-0.25, -0.2) is 23.2 Å². The zero-order chi connectivity index (χ0) is 34.1. The summed E-state index contributed by atoms with van der Waals surface area (Å²) in [6.45, 7) is 9.68. The number of H-pyrrole nitrogens is 1. The van der Waals surface area contributed by atoms with Gasteiger partial charge in [0.15, 0.2) is 0 Å². The number of piperazine rings is 1. The number of nitrogens with one attached hydrogen (secondary N) is 2. The number of benzene rings is 2. The number of aromatic amines is 1. The van der Waals surface area contributed by atoms with Crippen LogP contribution in [-0.4, -0.2) is 108 Å². The van der Waals surface area contributed by atoms with E-state index in [-0.39, 0.29) is 5.91 Å². The van der Waals surface area contributed by atoms with E-state index in [0.29, 0.717) is 54.7 Å². The Bertz CT molecular complexity index is 1740. The Labute approximate surface area is 278 Å². The Balaban J connectivity index is 1.00. The third-order valence-electron chi connectivity index (χ3n) is 8.69. The van der Waals surface area contributed by atoms with Crippen LogP contribution in [0.25, 0.3) is 22.3 Å². The number of hydrogen-bond acceptors (Lipinski definition) is 8. The van der Waals surface area contributed by atoms with E-state index in [4.69, 9.17) is 9.72 Å². The lowest BCUT2D eigenvalue weighted by Crippen LogP contribution is -2.52. The minimum Gasteiger partial charge on any atom is -0.444 e. The summed E-state index contributed by atoms with van der Waals surface area (Å²) in [6, 6.07) is 12.9. The molecule has 0 bridgehead atoms. The summed E-state index contributed by atoms with van der Waals surface area (Å²) in [5.41, 5.74) is 3.27. The molecule has 2 N–H and O–H groups in total. The molecule has 6 rings (SSSR count). The number of likely N-dealkylation sites (tertiary alicyclic amines) is 1. The molecule has 0 aliphatic carbocycles. The molecule has 2 fully saturated rings. The fraction of sp³-hybridized carbons (Fsp3) is 0.500. The predicted octanol–water partition coefficient (Wildman–Crippen LogP) is 5.25. The summed E-state index contributed by atoms with van der Waals surface area (Å²) in [5, 5.41) is 10.9. The molecule has 2 amide bonds. The Hall–Kier alpha value is -4.43. The summed E-state index contributed by atoms with van der Waals surface area (Å²) >= 11 is 0. The standard InChI is InChI=1S/C34H43F2N9O3/c1-23-6-5-13-44(23)20-30-38-27-12-11-26(18-28(27)39-30)37-31(46)25-9-7-24(8-10-25)29-19-45(41-40-29)22-34(35,36)21-42-14-16-43(17-15-42)32(47)48-33(2,3)4/h7-12,18-19,23H,5-6,13-17,20-22H2,1-4H3,(H,37,46)(H,38,39)/t23-/m0/s1. The maximum absolute atomic E-state index is 15.0. The van der Waals surface area contributed by atoms with Gasteiger partial charge in [0.25, 0.3) is 11.8 Å². The van der Waals surface area contributed by atoms with Crippen LogP contribution < -0.4 is 5.32 Å². The molecule has 0 spiro atoms. The second-order valence-electron chi connectivity index (χ2n) is 13.8. The number of alkyl halides is 2. The van der Waals surface area contributed by atoms with Crippen LogP contribution >= 0.6 is 0 Å². The molecule has 1 atom stereocenters. The number of anilines is 1. The van der Waals surface area contributed by atoms with Crippen LogP contribution in [0.5, 0.6) is 0 Å². The molecule has 2 aliphatic heterocycles. The molecule has 12 nitrogen and oxygen atoms in total. The summed E-state index contributed by atoms with van der Waals surface area (Å²) in [6.07, 6.45) is 3.46. The maximum Gasteiger partial charge on any atom is 0.410 e. The normalized spacial score (nSPS) is 18.0. The van der Waals surface area contributed by atoms with Gasteiger partial charge in [-0.1, -0.05) is 17.3 Å². The molecule has 256 valence electrons. The van der Waals surface area contributed by atoms with Crippen LogP contribution in [-0.2, 0) is 17.8 Å². The van der Waals surface area contributed by atoms with Crippen molar-refractivity contribution in [2.75, 3.05) is 44.6 Å². The number of carbonyl (C=O) groups excluding carboxylic acids is 2. The number of imidazole rings is 1. The van der Waals surface area contributed by atoms with Gasteiger partial charge in [0.1, 0.15) is 23.7 Å². The Morgan fingerprint density at radius 3 is 2.46 bits per heavy atom. The number of fused-ring (bicyclic) bond motifs is 1. The first-order valence-electron chi connectivity index (χ1n) is 16.4. The third kappa shape index (κ3) is 8.34. The van der Waals surface area contributed by atoms with Crippen molar-refractivity contribution in [1.29, 1.82) is 0 Å². The topological polar surface area (TPSA) is 125 Å². The van der Waals surface area contributed by atoms with Crippen molar-refractivity contribution < 1.29 is 23.1 Å². The highest BCUT2D eigenvalue weighted by molar-refractivity contribution is 6.05. The molecule has 4 heterocycles. The summed E-state index contributed by atoms with van der Waals surface area (Å²) in [5.74, 6) is -2.43. The van der Waals surface area contributed by atoms with Crippen LogP contribution in [0.2, 0.25) is 0 Å². The molecule has 2 aromatic heterocycles. The van der Waals surface area contributed by atoms with Gasteiger partial charge in [-0.05, 0) is 77.4 Å². The molecular weight excluding hydrogens is 620 g/mol. The average molecular weight is 664 g/mol. The number of carbonyl (C=O) groups is 2. The minimum absolute atomic E-state index is 0.276. The summed E-state index contributed by atoms with van der Waals surface area (Å²) in [4.78, 5) is 39.0. The highest BCUT2D eigenvalue weighted by Crippen LogP contribution is 2.24. The van der Waals surface area contributed by atoms with Crippen molar-refractivity contribution in [3.05, 3.63) is 60.0 Å². The van der Waals surface area contributed by atoms with Gasteiger partial charge in [0.2, 0.25) is 0 Å². The molecule has 48 heavy (non-hydrogen) atoms. The fourth-order valence-electron chi connectivity index (χ4n) is 6.17. The Morgan fingerprint density at radius 2 is 1.77 bits per heavy atom. The molecule has 14 heteroatoms. The fourth-order valence-corrected chi connectivity index (χ4v) is 6.17. The van der Waals surface area contributed by atoms with Gasteiger partial charge in [0.05, 0.1) is 30.3 Å². The lowest BCUT2D eigenvalue weighted by Gasteiger charge is -2.36. The molecule has 2 saturated heterocycles. The number of amides is 2. The Morgan fingerprint density at radius 1 is 1.02 bits per heavy atom. The van der Waals surface area contributed by atoms with E-state index in [1.807, 2.05) is 18.2 Å². The van der Waals surface area contributed by atoms with E-state index in [1.165, 1.54) is 19.0 Å². The van der Waals surface area contributed by atoms with E-state index in [1.54, 1.807) is 54.8 Å². The highest BCUT2D eigenvalue weighted by atomic mass is 19.3. The number of ether oxygens (including phenoxy) is 1. The molecule has 4 aromatic rings. The van der Waals surface area contributed by atoms with E-state index < -0.39 is 30.7 Å². The van der Waals surface area contributed by atoms with Crippen molar-refractivity contribution in [3.8, 4) is 11.3 Å². The van der Waals surface area contributed by atoms with Gasteiger partial charge in [0, 0.05) is 49.0 Å². The van der Waals surface area contributed by atoms with Crippen LogP contribution in [0.4, 0.5) is 19.3 Å². The van der Waals surface area contributed by atoms with Crippen LogP contribution in [0.3, 0.4) is 0 Å². The molecule has 0 radical (unpaired) electrons. The third-order valence-corrected chi connectivity index (χ3v) is 8.69. The van der Waals surface area contributed by atoms with Crippen LogP contribution in [0.1, 0.15) is 56.7 Å². The van der Waals surface area contributed by atoms with Gasteiger partial charge >= 0.3 is 6.09 Å². The minimum atomic E-state index is -3.06. The SMILES string of the molecule is C[C@H]1CCCN1Cc1nc2ccc(NC(=O)c3ccc(-c4cn(CC(F)(F)CN5CCN(C(=O)OC(C)(C)C)CC5)nn4)cc3)cc2[nH]1. The lowest BCUT2D eigenvalue weighted by atomic mass is 10.1. The zero-order valence-corrected chi connectivity index (χ0v) is 27.9. The number of hydrogen-bond donors (Lipinski definition) is 2. The molecule has 2 aromatic carbocycles. The van der Waals surface area contributed by atoms with E-state index in [2.05, 4.69) is 32.4 Å². The largest absolute Gasteiger partial charge is 0.444 e. The van der Waals surface area contributed by atoms with Crippen molar-refractivity contribution >= 4 is 28.7 Å². The van der Waals surface area contributed by atoms with Crippen molar-refractivity contribution in [2.24, 2.45) is 0 Å². The molecule has 0 saturated carbocycles. The first kappa shape index (κ1) is 33.5. The number of aromatic nitrogens is 5. The smallest absolute Gasteiger partial charge is 0.410 e. The lowest BCUT2D eigenvalue weighted by molar-refractivity contribution is -0.0579. The summed E-state index contributed by atoms with van der Waals surface area (Å²) in [7, 11) is 0. The highest BCUT2D eigenvalue weighted by Gasteiger charge is 2.35. The van der Waals surface area contributed by atoms with Gasteiger partial charge in [-0.3, -0.25) is 14.6 Å². The van der Waals surface area contributed by atoms with Gasteiger partial charge in [-0.2, -0.15) is 0 Å². The van der Waals surface area contributed by atoms with Crippen molar-refractivity contribution in [2.45, 2.75) is 71.2 Å². The quantitative estimate of drug-likeness (QED) is 0.249. The van der Waals surface area contributed by atoms with E-state index in [9.17, 15) is 9.59 Å². The summed E-state index contributed by atoms with van der Waals surface area (Å²) < 4.78 is 36.5. The zero-order valence-electron chi connectivity index (χ0n) is 27.9. The Kier molecular flexibility index (Phi) is 9.48. The first-order chi connectivity index (χ1) is 22.8.